The molecular weight excluding hydrogens is 509 g/mol. The molecule has 9 heteroatoms. The Labute approximate surface area is 225 Å². The van der Waals surface area contributed by atoms with Crippen molar-refractivity contribution in [1.82, 2.24) is 0 Å². The maximum Gasteiger partial charge on any atom is 0.416 e. The number of nitrogens with zero attached hydrogens (tertiary/aromatic N) is 2. The molecule has 0 spiro atoms. The van der Waals surface area contributed by atoms with Gasteiger partial charge in [-0.2, -0.15) is 13.2 Å². The van der Waals surface area contributed by atoms with Gasteiger partial charge in [-0.25, -0.2) is 0 Å². The lowest BCUT2D eigenvalue weighted by Gasteiger charge is -2.28. The molecule has 0 unspecified atom stereocenters. The lowest BCUT2D eigenvalue weighted by atomic mass is 10.1. The van der Waals surface area contributed by atoms with Crippen LogP contribution in [0, 0.1) is 20.8 Å². The number of benzene rings is 3. The molecular formula is C30H31F3N2O4. The van der Waals surface area contributed by atoms with E-state index in [-0.39, 0.29) is 49.5 Å². The number of carboxylic acid groups (broad SMARTS) is 1. The quantitative estimate of drug-likeness (QED) is 0.316. The highest BCUT2D eigenvalue weighted by Gasteiger charge is 2.31. The van der Waals surface area contributed by atoms with Crippen molar-refractivity contribution in [2.45, 2.75) is 46.2 Å². The van der Waals surface area contributed by atoms with Crippen LogP contribution in [0.25, 0.3) is 0 Å². The molecule has 0 aromatic heterocycles. The Kier molecular flexibility index (Phi) is 9.51. The number of carboxylic acids is 1. The maximum atomic E-state index is 13.5. The van der Waals surface area contributed by atoms with Crippen LogP contribution in [0.5, 0.6) is 0 Å². The highest BCUT2D eigenvalue weighted by atomic mass is 19.4. The molecule has 0 fully saturated rings. The number of hydrogen-bond donors (Lipinski definition) is 1. The number of amides is 2. The maximum absolute atomic E-state index is 13.5. The van der Waals surface area contributed by atoms with E-state index in [1.807, 2.05) is 26.8 Å². The van der Waals surface area contributed by atoms with E-state index in [1.165, 1.54) is 21.9 Å². The van der Waals surface area contributed by atoms with E-state index in [0.717, 1.165) is 28.8 Å². The first kappa shape index (κ1) is 29.4. The minimum Gasteiger partial charge on any atom is -0.481 e. The number of carbonyl (C=O) groups is 3. The van der Waals surface area contributed by atoms with Gasteiger partial charge in [0.25, 0.3) is 5.91 Å². The van der Waals surface area contributed by atoms with Gasteiger partial charge in [-0.3, -0.25) is 14.4 Å². The van der Waals surface area contributed by atoms with Crippen LogP contribution in [0.3, 0.4) is 0 Å². The molecule has 0 atom stereocenters. The Morgan fingerprint density at radius 2 is 1.49 bits per heavy atom. The summed E-state index contributed by atoms with van der Waals surface area (Å²) in [5.74, 6) is -1.89. The van der Waals surface area contributed by atoms with Crippen molar-refractivity contribution >= 4 is 29.2 Å². The van der Waals surface area contributed by atoms with Crippen molar-refractivity contribution < 1.29 is 32.7 Å². The smallest absolute Gasteiger partial charge is 0.416 e. The second kappa shape index (κ2) is 12.6. The summed E-state index contributed by atoms with van der Waals surface area (Å²) in [7, 11) is 0. The number of aryl methyl sites for hydroxylation is 2. The van der Waals surface area contributed by atoms with Gasteiger partial charge in [0, 0.05) is 42.9 Å². The average Bonchev–Trinajstić information content (AvgIpc) is 2.88. The first-order chi connectivity index (χ1) is 18.4. The fourth-order valence-corrected chi connectivity index (χ4v) is 4.19. The fraction of sp³-hybridized carbons (Fsp3) is 0.300. The normalized spacial score (nSPS) is 11.2. The van der Waals surface area contributed by atoms with Gasteiger partial charge < -0.3 is 14.9 Å². The van der Waals surface area contributed by atoms with Gasteiger partial charge in [0.1, 0.15) is 0 Å². The largest absolute Gasteiger partial charge is 0.481 e. The van der Waals surface area contributed by atoms with E-state index < -0.39 is 23.6 Å². The highest BCUT2D eigenvalue weighted by molar-refractivity contribution is 6.06. The van der Waals surface area contributed by atoms with Crippen molar-refractivity contribution in [3.8, 4) is 0 Å². The third-order valence-corrected chi connectivity index (χ3v) is 6.52. The monoisotopic (exact) mass is 540 g/mol. The van der Waals surface area contributed by atoms with Crippen LogP contribution in [-0.4, -0.2) is 36.0 Å². The third-order valence-electron chi connectivity index (χ3n) is 6.52. The van der Waals surface area contributed by atoms with Crippen molar-refractivity contribution in [3.63, 3.8) is 0 Å². The molecule has 39 heavy (non-hydrogen) atoms. The van der Waals surface area contributed by atoms with Crippen molar-refractivity contribution in [1.29, 1.82) is 0 Å². The SMILES string of the molecule is Cc1ccc(C(=O)N(CCC(=O)N(CCCC(=O)O)c2cccc(C)c2C)c2cccc(C(F)(F)F)c2)cc1. The molecule has 2 amide bonds. The van der Waals surface area contributed by atoms with Gasteiger partial charge in [0.2, 0.25) is 5.91 Å². The van der Waals surface area contributed by atoms with E-state index in [0.29, 0.717) is 5.69 Å². The molecule has 0 saturated heterocycles. The molecule has 0 aliphatic rings. The molecule has 0 heterocycles. The lowest BCUT2D eigenvalue weighted by Crippen LogP contribution is -2.38. The Morgan fingerprint density at radius 1 is 0.821 bits per heavy atom. The van der Waals surface area contributed by atoms with Crippen LogP contribution in [-0.2, 0) is 15.8 Å². The molecule has 206 valence electrons. The van der Waals surface area contributed by atoms with Crippen LogP contribution in [0.2, 0.25) is 0 Å². The summed E-state index contributed by atoms with van der Waals surface area (Å²) in [6.45, 7) is 5.58. The standard InChI is InChI=1S/C30H31F3N2O4/c1-20-12-14-23(15-13-20)29(39)34(25-9-5-8-24(19-25)30(31,32)33)18-16-27(36)35(17-6-11-28(37)38)26-10-4-7-21(2)22(26)3/h4-5,7-10,12-15,19H,6,11,16-18H2,1-3H3,(H,37,38). The predicted molar refractivity (Wildman–Crippen MR) is 144 cm³/mol. The first-order valence-electron chi connectivity index (χ1n) is 12.5. The van der Waals surface area contributed by atoms with Crippen LogP contribution in [0.1, 0.15) is 51.9 Å². The molecule has 0 radical (unpaired) electrons. The molecule has 3 aromatic rings. The fourth-order valence-electron chi connectivity index (χ4n) is 4.19. The lowest BCUT2D eigenvalue weighted by molar-refractivity contribution is -0.138. The van der Waals surface area contributed by atoms with Gasteiger partial charge >= 0.3 is 12.1 Å². The Hall–Kier alpha value is -4.14. The summed E-state index contributed by atoms with van der Waals surface area (Å²) in [4.78, 5) is 40.7. The number of alkyl halides is 3. The van der Waals surface area contributed by atoms with E-state index >= 15 is 0 Å². The zero-order valence-electron chi connectivity index (χ0n) is 22.1. The van der Waals surface area contributed by atoms with Gasteiger partial charge in [-0.05, 0) is 74.7 Å². The Bertz CT molecular complexity index is 1340. The van der Waals surface area contributed by atoms with Crippen molar-refractivity contribution in [2.75, 3.05) is 22.9 Å². The topological polar surface area (TPSA) is 77.9 Å². The summed E-state index contributed by atoms with van der Waals surface area (Å²) in [6, 6.07) is 16.6. The molecule has 0 saturated carbocycles. The second-order valence-corrected chi connectivity index (χ2v) is 9.38. The number of anilines is 2. The molecule has 1 N–H and O–H groups in total. The van der Waals surface area contributed by atoms with Crippen LogP contribution in [0.15, 0.2) is 66.7 Å². The summed E-state index contributed by atoms with van der Waals surface area (Å²) >= 11 is 0. The second-order valence-electron chi connectivity index (χ2n) is 9.38. The number of rotatable bonds is 10. The Morgan fingerprint density at radius 3 is 2.13 bits per heavy atom. The first-order valence-corrected chi connectivity index (χ1v) is 12.5. The van der Waals surface area contributed by atoms with E-state index in [4.69, 9.17) is 5.11 Å². The highest BCUT2D eigenvalue weighted by Crippen LogP contribution is 2.32. The number of carbonyl (C=O) groups excluding carboxylic acids is 2. The van der Waals surface area contributed by atoms with E-state index in [9.17, 15) is 27.6 Å². The predicted octanol–water partition coefficient (Wildman–Crippen LogP) is 6.57. The van der Waals surface area contributed by atoms with Crippen LogP contribution >= 0.6 is 0 Å². The minimum absolute atomic E-state index is 0.0207. The summed E-state index contributed by atoms with van der Waals surface area (Å²) in [5, 5.41) is 9.07. The van der Waals surface area contributed by atoms with Crippen LogP contribution < -0.4 is 9.80 Å². The number of halogens is 3. The average molecular weight is 541 g/mol. The zero-order valence-corrected chi connectivity index (χ0v) is 22.1. The van der Waals surface area contributed by atoms with Gasteiger partial charge in [-0.1, -0.05) is 35.9 Å². The molecule has 3 rings (SSSR count). The number of aliphatic carboxylic acids is 1. The van der Waals surface area contributed by atoms with Crippen LogP contribution in [0.4, 0.5) is 24.5 Å². The third kappa shape index (κ3) is 7.69. The zero-order chi connectivity index (χ0) is 28.7. The minimum atomic E-state index is -4.60. The molecule has 3 aromatic carbocycles. The Balaban J connectivity index is 1.93. The van der Waals surface area contributed by atoms with Crippen molar-refractivity contribution in [2.24, 2.45) is 0 Å². The molecule has 0 aliphatic heterocycles. The van der Waals surface area contributed by atoms with Gasteiger partial charge in [0.05, 0.1) is 5.56 Å². The van der Waals surface area contributed by atoms with Crippen molar-refractivity contribution in [3.05, 3.63) is 94.5 Å². The van der Waals surface area contributed by atoms with Gasteiger partial charge in [0.15, 0.2) is 0 Å². The molecule has 6 nitrogen and oxygen atoms in total. The summed E-state index contributed by atoms with van der Waals surface area (Å²) in [6.07, 6.45) is -4.70. The summed E-state index contributed by atoms with van der Waals surface area (Å²) in [5.41, 5.74) is 2.73. The number of hydrogen-bond acceptors (Lipinski definition) is 3. The van der Waals surface area contributed by atoms with E-state index in [1.54, 1.807) is 36.4 Å². The van der Waals surface area contributed by atoms with Gasteiger partial charge in [-0.15, -0.1) is 0 Å². The summed E-state index contributed by atoms with van der Waals surface area (Å²) < 4.78 is 40.3. The molecule has 0 bridgehead atoms. The van der Waals surface area contributed by atoms with E-state index in [2.05, 4.69) is 0 Å². The molecule has 0 aliphatic carbocycles.